The Morgan fingerprint density at radius 2 is 1.97 bits per heavy atom. The molecular weight excluding hydrogens is 388 g/mol. The summed E-state index contributed by atoms with van der Waals surface area (Å²) in [5, 5.41) is 0. The molecule has 2 aliphatic rings. The number of hydrogen-bond acceptors (Lipinski definition) is 6. The minimum absolute atomic E-state index is 0.00640. The molecule has 2 aliphatic heterocycles. The molecule has 0 aliphatic carbocycles. The highest BCUT2D eigenvalue weighted by atomic mass is 16.7. The normalized spacial score (nSPS) is 19.9. The number of rotatable bonds is 13. The number of quaternary nitrogens is 1. The first-order chi connectivity index (χ1) is 14.7. The fraction of sp³-hybridized carbons (Fsp3) is 0.682. The van der Waals surface area contributed by atoms with Crippen LogP contribution >= 0.6 is 0 Å². The SMILES string of the molecule is CC[NH+]1CCC[C@@H]1CN(Cc1ccc2c(c1)OCO2)C(=O)COCCOCCOC. The fourth-order valence-electron chi connectivity index (χ4n) is 4.06. The van der Waals surface area contributed by atoms with Crippen LogP contribution in [-0.4, -0.2) is 83.4 Å². The van der Waals surface area contributed by atoms with E-state index in [9.17, 15) is 4.79 Å². The van der Waals surface area contributed by atoms with Gasteiger partial charge in [-0.2, -0.15) is 0 Å². The van der Waals surface area contributed by atoms with Crippen LogP contribution < -0.4 is 14.4 Å². The lowest BCUT2D eigenvalue weighted by molar-refractivity contribution is -0.909. The predicted octanol–water partition coefficient (Wildman–Crippen LogP) is 0.491. The van der Waals surface area contributed by atoms with Gasteiger partial charge in [-0.1, -0.05) is 6.07 Å². The molecule has 3 rings (SSSR count). The molecule has 1 N–H and O–H groups in total. The Kier molecular flexibility index (Phi) is 9.20. The molecule has 2 atom stereocenters. The Bertz CT molecular complexity index is 671. The topological polar surface area (TPSA) is 70.9 Å². The van der Waals surface area contributed by atoms with Gasteiger partial charge in [0.15, 0.2) is 11.5 Å². The number of benzene rings is 1. The van der Waals surface area contributed by atoms with Crippen LogP contribution in [0.5, 0.6) is 11.5 Å². The molecule has 1 saturated heterocycles. The lowest BCUT2D eigenvalue weighted by Gasteiger charge is -2.28. The number of likely N-dealkylation sites (N-methyl/N-ethyl adjacent to an activating group) is 1. The highest BCUT2D eigenvalue weighted by molar-refractivity contribution is 5.77. The van der Waals surface area contributed by atoms with Crippen LogP contribution in [0.3, 0.4) is 0 Å². The number of carbonyl (C=O) groups excluding carboxylic acids is 1. The van der Waals surface area contributed by atoms with Crippen molar-refractivity contribution in [2.24, 2.45) is 0 Å². The Labute approximate surface area is 179 Å². The van der Waals surface area contributed by atoms with E-state index in [1.165, 1.54) is 13.0 Å². The van der Waals surface area contributed by atoms with Crippen molar-refractivity contribution in [3.8, 4) is 11.5 Å². The molecule has 168 valence electrons. The van der Waals surface area contributed by atoms with Crippen LogP contribution in [0, 0.1) is 0 Å². The maximum absolute atomic E-state index is 13.0. The van der Waals surface area contributed by atoms with Crippen molar-refractivity contribution in [2.45, 2.75) is 32.4 Å². The summed E-state index contributed by atoms with van der Waals surface area (Å²) in [7, 11) is 1.64. The van der Waals surface area contributed by atoms with Crippen LogP contribution in [0.15, 0.2) is 18.2 Å². The molecule has 1 fully saturated rings. The Morgan fingerprint density at radius 1 is 1.17 bits per heavy atom. The molecule has 0 bridgehead atoms. The molecule has 1 amide bonds. The van der Waals surface area contributed by atoms with Gasteiger partial charge in [0, 0.05) is 26.5 Å². The smallest absolute Gasteiger partial charge is 0.249 e. The van der Waals surface area contributed by atoms with Gasteiger partial charge in [0.2, 0.25) is 12.7 Å². The van der Waals surface area contributed by atoms with Crippen molar-refractivity contribution in [3.63, 3.8) is 0 Å². The van der Waals surface area contributed by atoms with E-state index >= 15 is 0 Å². The summed E-state index contributed by atoms with van der Waals surface area (Å²) < 4.78 is 26.8. The van der Waals surface area contributed by atoms with Gasteiger partial charge < -0.3 is 33.5 Å². The van der Waals surface area contributed by atoms with Gasteiger partial charge in [-0.25, -0.2) is 0 Å². The third kappa shape index (κ3) is 6.57. The maximum atomic E-state index is 13.0. The van der Waals surface area contributed by atoms with Crippen LogP contribution in [0.4, 0.5) is 0 Å². The summed E-state index contributed by atoms with van der Waals surface area (Å²) in [5.74, 6) is 1.50. The first-order valence-electron chi connectivity index (χ1n) is 10.9. The number of likely N-dealkylation sites (tertiary alicyclic amines) is 1. The second kappa shape index (κ2) is 12.1. The molecule has 1 aromatic rings. The number of nitrogens with zero attached hydrogens (tertiary/aromatic N) is 1. The summed E-state index contributed by atoms with van der Waals surface area (Å²) in [5.41, 5.74) is 1.03. The Balaban J connectivity index is 1.55. The third-order valence-electron chi connectivity index (χ3n) is 5.72. The molecule has 1 aromatic carbocycles. The van der Waals surface area contributed by atoms with Crippen molar-refractivity contribution in [1.29, 1.82) is 0 Å². The molecule has 1 unspecified atom stereocenters. The van der Waals surface area contributed by atoms with Gasteiger partial charge in [-0.3, -0.25) is 4.79 Å². The molecule has 0 radical (unpaired) electrons. The standard InChI is InChI=1S/C22H34N2O6/c1-3-23-8-4-5-19(23)15-24(22(25)16-28-12-11-27-10-9-26-2)14-18-6-7-20-21(13-18)30-17-29-20/h6-7,13,19H,3-5,8-12,14-17H2,1-2H3/p+1/t19-/m1/s1. The van der Waals surface area contributed by atoms with Crippen molar-refractivity contribution >= 4 is 5.91 Å². The monoisotopic (exact) mass is 423 g/mol. The second-order valence-electron chi connectivity index (χ2n) is 7.72. The van der Waals surface area contributed by atoms with Gasteiger partial charge in [0.25, 0.3) is 0 Å². The van der Waals surface area contributed by atoms with Gasteiger partial charge in [-0.05, 0) is 24.6 Å². The largest absolute Gasteiger partial charge is 0.454 e. The number of amides is 1. The summed E-state index contributed by atoms with van der Waals surface area (Å²) in [6.07, 6.45) is 2.37. The number of hydrogen-bond donors (Lipinski definition) is 1. The highest BCUT2D eigenvalue weighted by Crippen LogP contribution is 2.32. The molecule has 0 saturated carbocycles. The lowest BCUT2D eigenvalue weighted by Crippen LogP contribution is -3.14. The highest BCUT2D eigenvalue weighted by Gasteiger charge is 2.30. The van der Waals surface area contributed by atoms with Crippen LogP contribution in [0.2, 0.25) is 0 Å². The molecule has 0 spiro atoms. The van der Waals surface area contributed by atoms with Crippen molar-refractivity contribution in [3.05, 3.63) is 23.8 Å². The van der Waals surface area contributed by atoms with Gasteiger partial charge in [0.1, 0.15) is 12.6 Å². The molecule has 2 heterocycles. The third-order valence-corrected chi connectivity index (χ3v) is 5.72. The quantitative estimate of drug-likeness (QED) is 0.466. The number of methoxy groups -OCH3 is 1. The molecular formula is C22H35N2O6+. The zero-order valence-electron chi connectivity index (χ0n) is 18.2. The minimum atomic E-state index is 0.00640. The van der Waals surface area contributed by atoms with E-state index in [2.05, 4.69) is 6.92 Å². The van der Waals surface area contributed by atoms with Crippen LogP contribution in [0.25, 0.3) is 0 Å². The van der Waals surface area contributed by atoms with E-state index in [4.69, 9.17) is 23.7 Å². The van der Waals surface area contributed by atoms with Crippen LogP contribution in [0.1, 0.15) is 25.3 Å². The maximum Gasteiger partial charge on any atom is 0.249 e. The summed E-state index contributed by atoms with van der Waals surface area (Å²) >= 11 is 0. The molecule has 30 heavy (non-hydrogen) atoms. The summed E-state index contributed by atoms with van der Waals surface area (Å²) in [6.45, 7) is 8.00. The van der Waals surface area contributed by atoms with Crippen LogP contribution in [-0.2, 0) is 25.5 Å². The average molecular weight is 424 g/mol. The van der Waals surface area contributed by atoms with Gasteiger partial charge in [-0.15, -0.1) is 0 Å². The predicted molar refractivity (Wildman–Crippen MR) is 111 cm³/mol. The number of nitrogens with one attached hydrogen (secondary N) is 1. The number of ether oxygens (including phenoxy) is 5. The van der Waals surface area contributed by atoms with E-state index in [1.54, 1.807) is 12.0 Å². The Morgan fingerprint density at radius 3 is 2.80 bits per heavy atom. The van der Waals surface area contributed by atoms with E-state index < -0.39 is 0 Å². The second-order valence-corrected chi connectivity index (χ2v) is 7.72. The Hall–Kier alpha value is -1.87. The molecule has 8 nitrogen and oxygen atoms in total. The molecule has 8 heteroatoms. The first-order valence-corrected chi connectivity index (χ1v) is 10.9. The van der Waals surface area contributed by atoms with E-state index in [0.29, 0.717) is 39.0 Å². The van der Waals surface area contributed by atoms with Crippen molar-refractivity contribution in [1.82, 2.24) is 4.90 Å². The lowest BCUT2D eigenvalue weighted by atomic mass is 10.1. The van der Waals surface area contributed by atoms with Gasteiger partial charge in [0.05, 0.1) is 46.1 Å². The van der Waals surface area contributed by atoms with E-state index in [-0.39, 0.29) is 19.3 Å². The van der Waals surface area contributed by atoms with Crippen molar-refractivity contribution < 1.29 is 33.4 Å². The average Bonchev–Trinajstić information content (AvgIpc) is 3.41. The van der Waals surface area contributed by atoms with E-state index in [1.807, 2.05) is 23.1 Å². The van der Waals surface area contributed by atoms with Crippen molar-refractivity contribution in [2.75, 3.05) is 66.6 Å². The number of fused-ring (bicyclic) bond motifs is 1. The minimum Gasteiger partial charge on any atom is -0.454 e. The molecule has 0 aromatic heterocycles. The number of carbonyl (C=O) groups is 1. The zero-order chi connectivity index (χ0) is 21.2. The summed E-state index contributed by atoms with van der Waals surface area (Å²) in [6, 6.07) is 6.35. The van der Waals surface area contributed by atoms with Gasteiger partial charge >= 0.3 is 0 Å². The summed E-state index contributed by atoms with van der Waals surface area (Å²) in [4.78, 5) is 16.5. The fourth-order valence-corrected chi connectivity index (χ4v) is 4.06. The zero-order valence-corrected chi connectivity index (χ0v) is 18.2. The van der Waals surface area contributed by atoms with E-state index in [0.717, 1.165) is 36.6 Å². The first kappa shape index (κ1) is 22.8.